The minimum Gasteiger partial charge on any atom is -0.457 e. The van der Waals surface area contributed by atoms with Crippen molar-refractivity contribution >= 4 is 49.8 Å². The van der Waals surface area contributed by atoms with Crippen LogP contribution in [0, 0.1) is 0 Å². The van der Waals surface area contributed by atoms with E-state index in [0.717, 1.165) is 20.1 Å². The number of halogens is 1. The molecule has 0 spiro atoms. The summed E-state index contributed by atoms with van der Waals surface area (Å²) in [7, 11) is 0. The molecule has 0 unspecified atom stereocenters. The first-order valence-corrected chi connectivity index (χ1v) is 8.64. The van der Waals surface area contributed by atoms with E-state index in [4.69, 9.17) is 4.74 Å². The number of carbonyl (C=O) groups is 2. The summed E-state index contributed by atoms with van der Waals surface area (Å²) in [6.07, 6.45) is 0.159. The number of benzene rings is 2. The number of Topliss-reactive ketones (excluding diaryl/α,β-unsaturated/α-hetero) is 1. The third-order valence-corrected chi connectivity index (χ3v) is 5.04. The fraction of sp³-hybridized carbons (Fsp3) is 0.111. The van der Waals surface area contributed by atoms with Crippen molar-refractivity contribution in [3.8, 4) is 0 Å². The van der Waals surface area contributed by atoms with Crippen molar-refractivity contribution in [2.75, 3.05) is 6.61 Å². The predicted molar refractivity (Wildman–Crippen MR) is 95.0 cm³/mol. The summed E-state index contributed by atoms with van der Waals surface area (Å²) in [6, 6.07) is 17.3. The molecule has 0 fully saturated rings. The highest BCUT2D eigenvalue weighted by atomic mass is 79.9. The molecule has 0 bridgehead atoms. The fourth-order valence-corrected chi connectivity index (χ4v) is 3.56. The Morgan fingerprint density at radius 1 is 1.00 bits per heavy atom. The molecule has 0 saturated heterocycles. The zero-order valence-electron chi connectivity index (χ0n) is 12.1. The molecular weight excluding hydrogens is 376 g/mol. The van der Waals surface area contributed by atoms with E-state index >= 15 is 0 Å². The van der Waals surface area contributed by atoms with E-state index in [-0.39, 0.29) is 18.8 Å². The average molecular weight is 389 g/mol. The van der Waals surface area contributed by atoms with Crippen LogP contribution < -0.4 is 0 Å². The van der Waals surface area contributed by atoms with Gasteiger partial charge in [-0.1, -0.05) is 42.5 Å². The Kier molecular flexibility index (Phi) is 4.88. The van der Waals surface area contributed by atoms with Crippen LogP contribution in [0.15, 0.2) is 58.4 Å². The molecule has 0 aliphatic carbocycles. The summed E-state index contributed by atoms with van der Waals surface area (Å²) in [5.74, 6) is -0.586. The summed E-state index contributed by atoms with van der Waals surface area (Å²) in [4.78, 5) is 24.4. The van der Waals surface area contributed by atoms with Gasteiger partial charge in [0.05, 0.1) is 15.1 Å². The van der Waals surface area contributed by atoms with Crippen molar-refractivity contribution in [3.63, 3.8) is 0 Å². The van der Waals surface area contributed by atoms with E-state index < -0.39 is 5.97 Å². The van der Waals surface area contributed by atoms with Crippen molar-refractivity contribution < 1.29 is 14.3 Å². The van der Waals surface area contributed by atoms with Gasteiger partial charge in [0.2, 0.25) is 5.78 Å². The van der Waals surface area contributed by atoms with Crippen LogP contribution in [0.25, 0.3) is 10.8 Å². The quantitative estimate of drug-likeness (QED) is 0.472. The number of hydrogen-bond acceptors (Lipinski definition) is 4. The van der Waals surface area contributed by atoms with Crippen LogP contribution in [0.4, 0.5) is 0 Å². The number of ether oxygens (including phenoxy) is 1. The minimum absolute atomic E-state index is 0.159. The fourth-order valence-electron chi connectivity index (χ4n) is 2.25. The highest BCUT2D eigenvalue weighted by Crippen LogP contribution is 2.22. The van der Waals surface area contributed by atoms with Gasteiger partial charge >= 0.3 is 5.97 Å². The van der Waals surface area contributed by atoms with Crippen LogP contribution in [-0.4, -0.2) is 18.4 Å². The van der Waals surface area contributed by atoms with Gasteiger partial charge in [0.15, 0.2) is 6.61 Å². The Balaban J connectivity index is 1.59. The molecule has 3 nitrogen and oxygen atoms in total. The van der Waals surface area contributed by atoms with E-state index in [0.29, 0.717) is 4.88 Å². The summed E-state index contributed by atoms with van der Waals surface area (Å²) >= 11 is 4.63. The zero-order valence-corrected chi connectivity index (χ0v) is 14.5. The number of carbonyl (C=O) groups excluding carboxylic acids is 2. The molecule has 5 heteroatoms. The number of thiophene rings is 1. The molecule has 0 N–H and O–H groups in total. The monoisotopic (exact) mass is 388 g/mol. The molecule has 3 rings (SSSR count). The second kappa shape index (κ2) is 7.06. The van der Waals surface area contributed by atoms with Gasteiger partial charge in [0, 0.05) is 0 Å². The largest absolute Gasteiger partial charge is 0.457 e. The lowest BCUT2D eigenvalue weighted by Crippen LogP contribution is -2.14. The maximum atomic E-state index is 11.9. The molecule has 0 aliphatic heterocycles. The maximum Gasteiger partial charge on any atom is 0.310 e. The number of rotatable bonds is 5. The Bertz CT molecular complexity index is 869. The predicted octanol–water partition coefficient (Wildman–Crippen LogP) is 4.63. The molecule has 2 aromatic carbocycles. The highest BCUT2D eigenvalue weighted by molar-refractivity contribution is 9.11. The Morgan fingerprint density at radius 2 is 1.78 bits per heavy atom. The number of fused-ring (bicyclic) bond motifs is 1. The number of ketones is 1. The molecular formula is C18H13BrO3S. The Hall–Kier alpha value is -1.98. The van der Waals surface area contributed by atoms with Crippen LogP contribution in [0.5, 0.6) is 0 Å². The van der Waals surface area contributed by atoms with Crippen LogP contribution in [0.1, 0.15) is 15.2 Å². The molecule has 0 atom stereocenters. The second-order valence-corrected chi connectivity index (χ2v) is 7.51. The first-order valence-electron chi connectivity index (χ1n) is 7.04. The van der Waals surface area contributed by atoms with Crippen molar-refractivity contribution in [2.24, 2.45) is 0 Å². The van der Waals surface area contributed by atoms with Gasteiger partial charge in [-0.15, -0.1) is 11.3 Å². The molecule has 3 aromatic rings. The number of esters is 1. The van der Waals surface area contributed by atoms with E-state index in [1.165, 1.54) is 11.3 Å². The van der Waals surface area contributed by atoms with Crippen LogP contribution in [-0.2, 0) is 16.0 Å². The van der Waals surface area contributed by atoms with Gasteiger partial charge in [-0.05, 0) is 44.4 Å². The first kappa shape index (κ1) is 15.9. The molecule has 0 radical (unpaired) electrons. The van der Waals surface area contributed by atoms with Gasteiger partial charge in [-0.2, -0.15) is 0 Å². The number of hydrogen-bond donors (Lipinski definition) is 0. The van der Waals surface area contributed by atoms with Crippen molar-refractivity contribution in [2.45, 2.75) is 6.42 Å². The van der Waals surface area contributed by atoms with E-state index in [1.54, 1.807) is 12.1 Å². The van der Waals surface area contributed by atoms with Crippen molar-refractivity contribution in [1.82, 2.24) is 0 Å². The minimum atomic E-state index is -0.399. The van der Waals surface area contributed by atoms with E-state index in [2.05, 4.69) is 15.9 Å². The van der Waals surface area contributed by atoms with E-state index in [1.807, 2.05) is 42.5 Å². The summed E-state index contributed by atoms with van der Waals surface area (Å²) in [5.41, 5.74) is 0.875. The standard InChI is InChI=1S/C18H13BrO3S/c19-17-8-7-16(23-17)15(20)11-22-18(21)10-12-5-6-13-3-1-2-4-14(13)9-12/h1-9H,10-11H2. The summed E-state index contributed by atoms with van der Waals surface area (Å²) in [6.45, 7) is -0.223. The van der Waals surface area contributed by atoms with Gasteiger partial charge in [0.25, 0.3) is 0 Å². The molecule has 116 valence electrons. The lowest BCUT2D eigenvalue weighted by molar-refractivity contribution is -0.141. The summed E-state index contributed by atoms with van der Waals surface area (Å²) < 4.78 is 5.96. The molecule has 1 heterocycles. The Labute approximate surface area is 146 Å². The molecule has 0 amide bonds. The lowest BCUT2D eigenvalue weighted by atomic mass is 10.1. The second-order valence-electron chi connectivity index (χ2n) is 5.05. The average Bonchev–Trinajstić information content (AvgIpc) is 2.99. The van der Waals surface area contributed by atoms with Crippen molar-refractivity contribution in [1.29, 1.82) is 0 Å². The molecule has 1 aromatic heterocycles. The third kappa shape index (κ3) is 4.06. The maximum absolute atomic E-state index is 11.9. The third-order valence-electron chi connectivity index (χ3n) is 3.37. The zero-order chi connectivity index (χ0) is 16.2. The van der Waals surface area contributed by atoms with Crippen molar-refractivity contribution in [3.05, 3.63) is 68.8 Å². The SMILES string of the molecule is O=C(Cc1ccc2ccccc2c1)OCC(=O)c1ccc(Br)s1. The van der Waals surface area contributed by atoms with Gasteiger partial charge in [-0.25, -0.2) is 0 Å². The van der Waals surface area contributed by atoms with Gasteiger partial charge in [0.1, 0.15) is 0 Å². The topological polar surface area (TPSA) is 43.4 Å². The van der Waals surface area contributed by atoms with E-state index in [9.17, 15) is 9.59 Å². The van der Waals surface area contributed by atoms with Gasteiger partial charge < -0.3 is 4.74 Å². The van der Waals surface area contributed by atoms with Crippen LogP contribution in [0.2, 0.25) is 0 Å². The van der Waals surface area contributed by atoms with Crippen LogP contribution in [0.3, 0.4) is 0 Å². The highest BCUT2D eigenvalue weighted by Gasteiger charge is 2.12. The summed E-state index contributed by atoms with van der Waals surface area (Å²) in [5, 5.41) is 2.21. The van der Waals surface area contributed by atoms with Crippen LogP contribution >= 0.6 is 27.3 Å². The smallest absolute Gasteiger partial charge is 0.310 e. The molecule has 0 saturated carbocycles. The normalized spacial score (nSPS) is 10.7. The van der Waals surface area contributed by atoms with Gasteiger partial charge in [-0.3, -0.25) is 9.59 Å². The molecule has 23 heavy (non-hydrogen) atoms. The first-order chi connectivity index (χ1) is 11.1. The lowest BCUT2D eigenvalue weighted by Gasteiger charge is -2.05. The Morgan fingerprint density at radius 3 is 2.52 bits per heavy atom. The molecule has 0 aliphatic rings.